The molecule has 170 valence electrons. The number of thiophene rings is 1. The van der Waals surface area contributed by atoms with Crippen molar-refractivity contribution in [2.75, 3.05) is 17.2 Å². The van der Waals surface area contributed by atoms with Gasteiger partial charge in [0.2, 0.25) is 0 Å². The third-order valence-corrected chi connectivity index (χ3v) is 7.42. The molecule has 0 aliphatic heterocycles. The first-order chi connectivity index (χ1) is 15.8. The lowest BCUT2D eigenvalue weighted by Gasteiger charge is -2.09. The highest BCUT2D eigenvalue weighted by Gasteiger charge is 2.19. The second kappa shape index (κ2) is 9.00. The fraction of sp³-hybridized carbons (Fsp3) is 0.143. The molecule has 3 aromatic heterocycles. The Bertz CT molecular complexity index is 1490. The Hall–Kier alpha value is -3.77. The van der Waals surface area contributed by atoms with Crippen LogP contribution in [0.4, 0.5) is 16.2 Å². The SMILES string of the molecule is CCNc1ccc2c(=O)n(-c3ccc(NC(=O)NS(=O)(=O)c4ccc(C)s4)cn3)cnc2c1. The average molecular weight is 485 g/mol. The van der Waals surface area contributed by atoms with Crippen LogP contribution >= 0.6 is 11.3 Å². The maximum absolute atomic E-state index is 12.9. The molecule has 0 radical (unpaired) electrons. The number of aromatic nitrogens is 3. The van der Waals surface area contributed by atoms with Gasteiger partial charge in [-0.05, 0) is 56.3 Å². The highest BCUT2D eigenvalue weighted by molar-refractivity contribution is 7.92. The summed E-state index contributed by atoms with van der Waals surface area (Å²) in [6.45, 7) is 4.51. The van der Waals surface area contributed by atoms with Crippen molar-refractivity contribution < 1.29 is 13.2 Å². The Morgan fingerprint density at radius 3 is 2.55 bits per heavy atom. The molecule has 12 heteroatoms. The lowest BCUT2D eigenvalue weighted by atomic mass is 10.2. The Kier molecular flexibility index (Phi) is 6.11. The second-order valence-electron chi connectivity index (χ2n) is 7.01. The number of hydrogen-bond donors (Lipinski definition) is 3. The Balaban J connectivity index is 1.50. The summed E-state index contributed by atoms with van der Waals surface area (Å²) < 4.78 is 27.8. The van der Waals surface area contributed by atoms with E-state index in [0.29, 0.717) is 16.7 Å². The van der Waals surface area contributed by atoms with Gasteiger partial charge in [-0.3, -0.25) is 9.36 Å². The predicted octanol–water partition coefficient (Wildman–Crippen LogP) is 3.09. The smallest absolute Gasteiger partial charge is 0.333 e. The molecule has 0 aliphatic rings. The standard InChI is InChI=1S/C21H20N6O4S2/c1-3-22-14-5-7-16-17(10-14)24-12-27(20(16)28)18-8-6-15(11-23-18)25-21(29)26-33(30,31)19-9-4-13(2)32-19/h4-12,22H,3H2,1-2H3,(H2,25,26,29). The summed E-state index contributed by atoms with van der Waals surface area (Å²) in [6.07, 6.45) is 2.71. The van der Waals surface area contributed by atoms with Gasteiger partial charge in [-0.2, -0.15) is 0 Å². The van der Waals surface area contributed by atoms with Gasteiger partial charge >= 0.3 is 6.03 Å². The number of benzene rings is 1. The minimum absolute atomic E-state index is 0.0457. The van der Waals surface area contributed by atoms with Crippen molar-refractivity contribution in [2.24, 2.45) is 0 Å². The lowest BCUT2D eigenvalue weighted by molar-refractivity contribution is 0.256. The number of hydrogen-bond acceptors (Lipinski definition) is 8. The summed E-state index contributed by atoms with van der Waals surface area (Å²) in [6, 6.07) is 10.5. The molecular weight excluding hydrogens is 464 g/mol. The topological polar surface area (TPSA) is 135 Å². The molecule has 3 heterocycles. The van der Waals surface area contributed by atoms with Crippen LogP contribution in [0.15, 0.2) is 64.0 Å². The molecule has 0 saturated carbocycles. The minimum atomic E-state index is -3.97. The Morgan fingerprint density at radius 2 is 1.88 bits per heavy atom. The second-order valence-corrected chi connectivity index (χ2v) is 10.2. The third-order valence-electron chi connectivity index (χ3n) is 4.60. The maximum atomic E-state index is 12.9. The van der Waals surface area contributed by atoms with Gasteiger partial charge < -0.3 is 10.6 Å². The molecule has 4 rings (SSSR count). The van der Waals surface area contributed by atoms with Gasteiger partial charge in [0.15, 0.2) is 0 Å². The highest BCUT2D eigenvalue weighted by atomic mass is 32.2. The third kappa shape index (κ3) is 4.86. The van der Waals surface area contributed by atoms with Crippen LogP contribution in [-0.2, 0) is 10.0 Å². The van der Waals surface area contributed by atoms with Crippen molar-refractivity contribution in [2.45, 2.75) is 18.1 Å². The van der Waals surface area contributed by atoms with Crippen LogP contribution < -0.4 is 20.9 Å². The molecule has 0 bridgehead atoms. The monoisotopic (exact) mass is 484 g/mol. The van der Waals surface area contributed by atoms with E-state index in [1.54, 1.807) is 25.1 Å². The van der Waals surface area contributed by atoms with Crippen LogP contribution in [0.1, 0.15) is 11.8 Å². The number of urea groups is 1. The van der Waals surface area contributed by atoms with Gasteiger partial charge in [-0.15, -0.1) is 11.3 Å². The van der Waals surface area contributed by atoms with Crippen LogP contribution in [-0.4, -0.2) is 35.5 Å². The molecule has 1 aromatic carbocycles. The zero-order valence-corrected chi connectivity index (χ0v) is 19.3. The van der Waals surface area contributed by atoms with Gasteiger partial charge in [-0.1, -0.05) is 0 Å². The molecule has 0 aliphatic carbocycles. The van der Waals surface area contributed by atoms with E-state index in [4.69, 9.17) is 0 Å². The number of amides is 2. The van der Waals surface area contributed by atoms with E-state index in [9.17, 15) is 18.0 Å². The number of aryl methyl sites for hydroxylation is 1. The highest BCUT2D eigenvalue weighted by Crippen LogP contribution is 2.20. The van der Waals surface area contributed by atoms with Gasteiger partial charge in [-0.25, -0.2) is 27.9 Å². The van der Waals surface area contributed by atoms with Crippen molar-refractivity contribution >= 4 is 49.7 Å². The Morgan fingerprint density at radius 1 is 1.09 bits per heavy atom. The lowest BCUT2D eigenvalue weighted by Crippen LogP contribution is -2.34. The fourth-order valence-electron chi connectivity index (χ4n) is 3.09. The fourth-order valence-corrected chi connectivity index (χ4v) is 5.28. The molecule has 3 N–H and O–H groups in total. The number of pyridine rings is 1. The number of fused-ring (bicyclic) bond motifs is 1. The summed E-state index contributed by atoms with van der Waals surface area (Å²) in [7, 11) is -3.97. The van der Waals surface area contributed by atoms with E-state index in [1.165, 1.54) is 35.3 Å². The molecule has 2 amide bonds. The van der Waals surface area contributed by atoms with Gasteiger partial charge in [0, 0.05) is 17.1 Å². The molecule has 0 atom stereocenters. The number of carbonyl (C=O) groups excluding carboxylic acids is 1. The predicted molar refractivity (Wildman–Crippen MR) is 128 cm³/mol. The van der Waals surface area contributed by atoms with Crippen molar-refractivity contribution in [1.29, 1.82) is 0 Å². The van der Waals surface area contributed by atoms with Crippen LogP contribution in [0.5, 0.6) is 0 Å². The summed E-state index contributed by atoms with van der Waals surface area (Å²) in [5.41, 5.74) is 1.40. The molecule has 0 saturated heterocycles. The average Bonchev–Trinajstić information content (AvgIpc) is 3.22. The minimum Gasteiger partial charge on any atom is -0.385 e. The maximum Gasteiger partial charge on any atom is 0.333 e. The molecule has 0 unspecified atom stereocenters. The van der Waals surface area contributed by atoms with Crippen molar-refractivity contribution in [1.82, 2.24) is 19.3 Å². The molecule has 33 heavy (non-hydrogen) atoms. The number of nitrogens with zero attached hydrogens (tertiary/aromatic N) is 3. The largest absolute Gasteiger partial charge is 0.385 e. The summed E-state index contributed by atoms with van der Waals surface area (Å²) >= 11 is 1.06. The summed E-state index contributed by atoms with van der Waals surface area (Å²) in [5, 5.41) is 6.03. The van der Waals surface area contributed by atoms with Crippen LogP contribution in [0.25, 0.3) is 16.7 Å². The van der Waals surface area contributed by atoms with E-state index >= 15 is 0 Å². The van der Waals surface area contributed by atoms with E-state index in [1.807, 2.05) is 17.7 Å². The first-order valence-corrected chi connectivity index (χ1v) is 12.2. The molecule has 0 fully saturated rings. The first-order valence-electron chi connectivity index (χ1n) is 9.89. The van der Waals surface area contributed by atoms with Gasteiger partial charge in [0.1, 0.15) is 16.4 Å². The zero-order valence-electron chi connectivity index (χ0n) is 17.7. The van der Waals surface area contributed by atoms with E-state index in [2.05, 4.69) is 20.6 Å². The van der Waals surface area contributed by atoms with E-state index in [-0.39, 0.29) is 15.5 Å². The number of anilines is 2. The van der Waals surface area contributed by atoms with Crippen LogP contribution in [0, 0.1) is 6.92 Å². The molecule has 0 spiro atoms. The number of carbonyl (C=O) groups is 1. The Labute approximate surface area is 193 Å². The quantitative estimate of drug-likeness (QED) is 0.383. The van der Waals surface area contributed by atoms with Crippen molar-refractivity contribution in [3.8, 4) is 5.82 Å². The first kappa shape index (κ1) is 22.4. The van der Waals surface area contributed by atoms with Crippen LogP contribution in [0.3, 0.4) is 0 Å². The zero-order chi connectivity index (χ0) is 23.6. The number of rotatable bonds is 6. The molecule has 4 aromatic rings. The van der Waals surface area contributed by atoms with Gasteiger partial charge in [0.05, 0.1) is 22.8 Å². The molecular formula is C21H20N6O4S2. The number of sulfonamides is 1. The normalized spacial score (nSPS) is 11.3. The summed E-state index contributed by atoms with van der Waals surface area (Å²) in [5.74, 6) is 0.304. The van der Waals surface area contributed by atoms with Crippen molar-refractivity contribution in [3.63, 3.8) is 0 Å². The number of nitrogens with one attached hydrogen (secondary N) is 3. The van der Waals surface area contributed by atoms with Crippen molar-refractivity contribution in [3.05, 3.63) is 70.2 Å². The van der Waals surface area contributed by atoms with E-state index in [0.717, 1.165) is 28.4 Å². The van der Waals surface area contributed by atoms with Crippen LogP contribution in [0.2, 0.25) is 0 Å². The summed E-state index contributed by atoms with van der Waals surface area (Å²) in [4.78, 5) is 34.4. The van der Waals surface area contributed by atoms with E-state index < -0.39 is 16.1 Å². The molecule has 10 nitrogen and oxygen atoms in total. The van der Waals surface area contributed by atoms with Gasteiger partial charge in [0.25, 0.3) is 15.6 Å².